The zero-order chi connectivity index (χ0) is 16.4. The molecule has 0 radical (unpaired) electrons. The summed E-state index contributed by atoms with van der Waals surface area (Å²) in [5.41, 5.74) is -3.29. The molecule has 1 aliphatic carbocycles. The predicted molar refractivity (Wildman–Crippen MR) is 69.8 cm³/mol. The SMILES string of the molecule is CC1CCCC(N(C)C(=O)NC(C)(C(=O)O)C(F)(F)F)C1. The molecule has 3 atom stereocenters. The highest BCUT2D eigenvalue weighted by Gasteiger charge is 2.58. The lowest BCUT2D eigenvalue weighted by atomic mass is 9.86. The van der Waals surface area contributed by atoms with Gasteiger partial charge < -0.3 is 15.3 Å². The summed E-state index contributed by atoms with van der Waals surface area (Å²) in [6.07, 6.45) is -1.72. The Morgan fingerprint density at radius 3 is 2.29 bits per heavy atom. The Bertz CT molecular complexity index is 414. The maximum Gasteiger partial charge on any atom is 0.422 e. The molecule has 2 amide bonds. The van der Waals surface area contributed by atoms with Crippen LogP contribution >= 0.6 is 0 Å². The molecule has 0 heterocycles. The number of carboxylic acids is 1. The van der Waals surface area contributed by atoms with Gasteiger partial charge in [-0.3, -0.25) is 0 Å². The van der Waals surface area contributed by atoms with Crippen molar-refractivity contribution in [1.82, 2.24) is 10.2 Å². The van der Waals surface area contributed by atoms with E-state index in [1.165, 1.54) is 11.9 Å². The topological polar surface area (TPSA) is 69.6 Å². The first-order valence-electron chi connectivity index (χ1n) is 6.84. The van der Waals surface area contributed by atoms with Gasteiger partial charge in [0.15, 0.2) is 0 Å². The highest BCUT2D eigenvalue weighted by Crippen LogP contribution is 2.31. The molecule has 0 aromatic heterocycles. The molecule has 0 aromatic carbocycles. The minimum Gasteiger partial charge on any atom is -0.479 e. The number of hydrogen-bond acceptors (Lipinski definition) is 2. The maximum absolute atomic E-state index is 12.9. The summed E-state index contributed by atoms with van der Waals surface area (Å²) in [6, 6.07) is -1.18. The Kier molecular flexibility index (Phi) is 5.11. The average molecular weight is 310 g/mol. The number of carboxylic acid groups (broad SMARTS) is 1. The molecule has 8 heteroatoms. The van der Waals surface area contributed by atoms with Crippen LogP contribution in [0.2, 0.25) is 0 Å². The van der Waals surface area contributed by atoms with Gasteiger partial charge in [-0.2, -0.15) is 13.2 Å². The summed E-state index contributed by atoms with van der Waals surface area (Å²) in [7, 11) is 1.40. The number of nitrogens with zero attached hydrogens (tertiary/aromatic N) is 1. The van der Waals surface area contributed by atoms with Crippen molar-refractivity contribution in [2.45, 2.75) is 57.3 Å². The predicted octanol–water partition coefficient (Wildman–Crippen LogP) is 2.61. The second kappa shape index (κ2) is 6.11. The third kappa shape index (κ3) is 3.79. The average Bonchev–Trinajstić information content (AvgIpc) is 2.36. The molecule has 1 aliphatic rings. The van der Waals surface area contributed by atoms with Crippen LogP contribution in [0.15, 0.2) is 0 Å². The van der Waals surface area contributed by atoms with Crippen molar-refractivity contribution < 1.29 is 27.9 Å². The number of amides is 2. The van der Waals surface area contributed by atoms with Gasteiger partial charge in [0.2, 0.25) is 5.54 Å². The van der Waals surface area contributed by atoms with Gasteiger partial charge in [-0.05, 0) is 25.7 Å². The first-order valence-corrected chi connectivity index (χ1v) is 6.84. The molecule has 2 N–H and O–H groups in total. The summed E-state index contributed by atoms with van der Waals surface area (Å²) in [5, 5.41) is 10.4. The number of carbonyl (C=O) groups is 2. The van der Waals surface area contributed by atoms with Crippen molar-refractivity contribution >= 4 is 12.0 Å². The van der Waals surface area contributed by atoms with E-state index >= 15 is 0 Å². The number of halogens is 3. The van der Waals surface area contributed by atoms with E-state index in [1.807, 2.05) is 6.92 Å². The molecule has 122 valence electrons. The highest BCUT2D eigenvalue weighted by atomic mass is 19.4. The Morgan fingerprint density at radius 1 is 1.29 bits per heavy atom. The largest absolute Gasteiger partial charge is 0.479 e. The van der Waals surface area contributed by atoms with Crippen molar-refractivity contribution in [3.8, 4) is 0 Å². The molecule has 0 saturated heterocycles. The normalized spacial score (nSPS) is 25.8. The van der Waals surface area contributed by atoms with E-state index < -0.39 is 23.7 Å². The van der Waals surface area contributed by atoms with Crippen LogP contribution in [-0.2, 0) is 4.79 Å². The fourth-order valence-corrected chi connectivity index (χ4v) is 2.47. The number of aliphatic carboxylic acids is 1. The Labute approximate surface area is 121 Å². The number of hydrogen-bond donors (Lipinski definition) is 2. The number of nitrogens with one attached hydrogen (secondary N) is 1. The molecule has 5 nitrogen and oxygen atoms in total. The van der Waals surface area contributed by atoms with E-state index in [0.717, 1.165) is 12.8 Å². The van der Waals surface area contributed by atoms with Crippen LogP contribution in [0.1, 0.15) is 39.5 Å². The fourth-order valence-electron chi connectivity index (χ4n) is 2.47. The van der Waals surface area contributed by atoms with Crippen LogP contribution in [-0.4, -0.2) is 46.8 Å². The lowest BCUT2D eigenvalue weighted by Gasteiger charge is -2.36. The quantitative estimate of drug-likeness (QED) is 0.842. The lowest BCUT2D eigenvalue weighted by molar-refractivity contribution is -0.203. The molecule has 0 aliphatic heterocycles. The summed E-state index contributed by atoms with van der Waals surface area (Å²) < 4.78 is 38.6. The van der Waals surface area contributed by atoms with Gasteiger partial charge in [0, 0.05) is 13.1 Å². The van der Waals surface area contributed by atoms with Gasteiger partial charge in [0.1, 0.15) is 0 Å². The molecule has 3 unspecified atom stereocenters. The van der Waals surface area contributed by atoms with Gasteiger partial charge in [-0.25, -0.2) is 9.59 Å². The van der Waals surface area contributed by atoms with Crippen LogP contribution in [0, 0.1) is 5.92 Å². The molecule has 21 heavy (non-hydrogen) atoms. The number of urea groups is 1. The molecule has 1 saturated carbocycles. The number of rotatable bonds is 3. The summed E-state index contributed by atoms with van der Waals surface area (Å²) in [5.74, 6) is -1.73. The molecule has 0 bridgehead atoms. The molecule has 1 fully saturated rings. The maximum atomic E-state index is 12.9. The molecule has 0 aromatic rings. The fraction of sp³-hybridized carbons (Fsp3) is 0.846. The van der Waals surface area contributed by atoms with Crippen LogP contribution < -0.4 is 5.32 Å². The minimum absolute atomic E-state index is 0.167. The summed E-state index contributed by atoms with van der Waals surface area (Å²) in [6.45, 7) is 2.47. The molecule has 0 spiro atoms. The third-order valence-electron chi connectivity index (χ3n) is 4.13. The van der Waals surface area contributed by atoms with Crippen molar-refractivity contribution in [1.29, 1.82) is 0 Å². The van der Waals surface area contributed by atoms with Crippen LogP contribution in [0.4, 0.5) is 18.0 Å². The van der Waals surface area contributed by atoms with E-state index in [-0.39, 0.29) is 6.04 Å². The van der Waals surface area contributed by atoms with Crippen molar-refractivity contribution in [2.24, 2.45) is 5.92 Å². The third-order valence-corrected chi connectivity index (χ3v) is 4.13. The zero-order valence-electron chi connectivity index (χ0n) is 12.3. The molecular weight excluding hydrogens is 289 g/mol. The summed E-state index contributed by atoms with van der Waals surface area (Å²) >= 11 is 0. The lowest BCUT2D eigenvalue weighted by Crippen LogP contribution is -2.64. The van der Waals surface area contributed by atoms with Crippen molar-refractivity contribution in [2.75, 3.05) is 7.05 Å². The first kappa shape index (κ1) is 17.6. The number of alkyl halides is 3. The van der Waals surface area contributed by atoms with E-state index in [0.29, 0.717) is 25.7 Å². The van der Waals surface area contributed by atoms with Gasteiger partial charge in [-0.1, -0.05) is 19.8 Å². The highest BCUT2D eigenvalue weighted by molar-refractivity contribution is 5.86. The van der Waals surface area contributed by atoms with Crippen LogP contribution in [0.3, 0.4) is 0 Å². The number of carbonyl (C=O) groups excluding carboxylic acids is 1. The Balaban J connectivity index is 2.80. The van der Waals surface area contributed by atoms with Gasteiger partial charge in [0.25, 0.3) is 0 Å². The van der Waals surface area contributed by atoms with Crippen molar-refractivity contribution in [3.05, 3.63) is 0 Å². The van der Waals surface area contributed by atoms with E-state index in [4.69, 9.17) is 5.11 Å². The smallest absolute Gasteiger partial charge is 0.422 e. The Morgan fingerprint density at radius 2 is 1.86 bits per heavy atom. The van der Waals surface area contributed by atoms with Crippen molar-refractivity contribution in [3.63, 3.8) is 0 Å². The summed E-state index contributed by atoms with van der Waals surface area (Å²) in [4.78, 5) is 24.1. The van der Waals surface area contributed by atoms with E-state index in [9.17, 15) is 22.8 Å². The van der Waals surface area contributed by atoms with Gasteiger partial charge in [0.05, 0.1) is 0 Å². The van der Waals surface area contributed by atoms with E-state index in [2.05, 4.69) is 0 Å². The second-order valence-corrected chi connectivity index (χ2v) is 5.89. The van der Waals surface area contributed by atoms with E-state index in [1.54, 1.807) is 5.32 Å². The van der Waals surface area contributed by atoms with Gasteiger partial charge >= 0.3 is 18.2 Å². The van der Waals surface area contributed by atoms with Crippen LogP contribution in [0.5, 0.6) is 0 Å². The minimum atomic E-state index is -5.07. The first-order chi connectivity index (χ1) is 9.49. The van der Waals surface area contributed by atoms with Gasteiger partial charge in [-0.15, -0.1) is 0 Å². The zero-order valence-corrected chi connectivity index (χ0v) is 12.3. The monoisotopic (exact) mass is 310 g/mol. The standard InChI is InChI=1S/C13H21F3N2O3/c1-8-5-4-6-9(7-8)18(3)11(21)17-12(2,10(19)20)13(14,15)16/h8-9H,4-7H2,1-3H3,(H,17,21)(H,19,20). The molecule has 1 rings (SSSR count). The molecular formula is C13H21F3N2O3. The Hall–Kier alpha value is -1.47. The second-order valence-electron chi connectivity index (χ2n) is 5.89. The van der Waals surface area contributed by atoms with Crippen LogP contribution in [0.25, 0.3) is 0 Å².